The second kappa shape index (κ2) is 5.11. The highest BCUT2D eigenvalue weighted by atomic mass is 32.2. The van der Waals surface area contributed by atoms with Gasteiger partial charge in [-0.25, -0.2) is 21.6 Å². The summed E-state index contributed by atoms with van der Waals surface area (Å²) in [5.41, 5.74) is 1.93. The fourth-order valence-electron chi connectivity index (χ4n) is 2.53. The highest BCUT2D eigenvalue weighted by molar-refractivity contribution is 7.94. The Bertz CT molecular complexity index is 797. The molecule has 21 heavy (non-hydrogen) atoms. The molecule has 0 radical (unpaired) electrons. The van der Waals surface area contributed by atoms with E-state index in [0.717, 1.165) is 36.0 Å². The predicted molar refractivity (Wildman–Crippen MR) is 80.3 cm³/mol. The first-order valence-electron chi connectivity index (χ1n) is 6.66. The van der Waals surface area contributed by atoms with Crippen LogP contribution in [0.2, 0.25) is 0 Å². The van der Waals surface area contributed by atoms with Gasteiger partial charge in [0.15, 0.2) is 9.84 Å². The number of hydrogen-bond acceptors (Lipinski definition) is 5. The standard InChI is InChI=1S/C13H16N2O4S2/c16-20(17)7-5-11(9-20)15-21(18,19)12-3-4-13-10(8-12)2-1-6-14-13/h3-5,7-8,11,14-15H,1-2,6,9H2. The van der Waals surface area contributed by atoms with Crippen molar-refractivity contribution in [2.45, 2.75) is 23.8 Å². The molecule has 0 spiro atoms. The molecule has 0 amide bonds. The first-order chi connectivity index (χ1) is 9.86. The Hall–Kier alpha value is -1.38. The smallest absolute Gasteiger partial charge is 0.241 e. The van der Waals surface area contributed by atoms with Gasteiger partial charge in [-0.05, 0) is 36.6 Å². The maximum absolute atomic E-state index is 12.3. The molecule has 1 aromatic rings. The Morgan fingerprint density at radius 1 is 1.29 bits per heavy atom. The maximum atomic E-state index is 12.3. The molecule has 2 heterocycles. The van der Waals surface area contributed by atoms with Crippen LogP contribution in [0.3, 0.4) is 0 Å². The fraction of sp³-hybridized carbons (Fsp3) is 0.385. The number of benzene rings is 1. The molecule has 0 bridgehead atoms. The van der Waals surface area contributed by atoms with Crippen LogP contribution < -0.4 is 10.0 Å². The summed E-state index contributed by atoms with van der Waals surface area (Å²) in [6, 6.07) is 4.24. The minimum absolute atomic E-state index is 0.169. The van der Waals surface area contributed by atoms with E-state index in [1.165, 1.54) is 12.1 Å². The molecule has 0 saturated carbocycles. The Morgan fingerprint density at radius 3 is 2.81 bits per heavy atom. The van der Waals surface area contributed by atoms with Gasteiger partial charge in [0.05, 0.1) is 16.7 Å². The molecule has 2 aliphatic heterocycles. The topological polar surface area (TPSA) is 92.3 Å². The normalized spacial score (nSPS) is 23.5. The zero-order chi connectivity index (χ0) is 15.1. The molecule has 8 heteroatoms. The monoisotopic (exact) mass is 328 g/mol. The molecule has 0 saturated heterocycles. The lowest BCUT2D eigenvalue weighted by atomic mass is 10.0. The van der Waals surface area contributed by atoms with Crippen LogP contribution >= 0.6 is 0 Å². The zero-order valence-electron chi connectivity index (χ0n) is 11.2. The summed E-state index contributed by atoms with van der Waals surface area (Å²) in [7, 11) is -7.00. The van der Waals surface area contributed by atoms with Crippen molar-refractivity contribution in [1.82, 2.24) is 4.72 Å². The quantitative estimate of drug-likeness (QED) is 0.849. The zero-order valence-corrected chi connectivity index (χ0v) is 12.9. The SMILES string of the molecule is O=S1(=O)C=CC(NS(=O)(=O)c2ccc3c(c2)CCCN3)C1. The summed E-state index contributed by atoms with van der Waals surface area (Å²) in [6.45, 7) is 0.891. The second-order valence-corrected chi connectivity index (χ2v) is 8.88. The van der Waals surface area contributed by atoms with E-state index in [1.807, 2.05) is 0 Å². The summed E-state index contributed by atoms with van der Waals surface area (Å²) >= 11 is 0. The number of anilines is 1. The van der Waals surface area contributed by atoms with E-state index in [9.17, 15) is 16.8 Å². The van der Waals surface area contributed by atoms with E-state index in [4.69, 9.17) is 0 Å². The van der Waals surface area contributed by atoms with E-state index in [1.54, 1.807) is 12.1 Å². The average Bonchev–Trinajstić information content (AvgIpc) is 2.76. The molecular weight excluding hydrogens is 312 g/mol. The molecule has 6 nitrogen and oxygen atoms in total. The van der Waals surface area contributed by atoms with Crippen LogP contribution in [-0.2, 0) is 26.3 Å². The Labute approximate surface area is 124 Å². The first kappa shape index (κ1) is 14.6. The Morgan fingerprint density at radius 2 is 2.10 bits per heavy atom. The third-order valence-corrected chi connectivity index (χ3v) is 6.45. The van der Waals surface area contributed by atoms with Gasteiger partial charge in [-0.2, -0.15) is 0 Å². The van der Waals surface area contributed by atoms with E-state index >= 15 is 0 Å². The molecule has 1 aromatic carbocycles. The van der Waals surface area contributed by atoms with Crippen molar-refractivity contribution in [3.8, 4) is 0 Å². The molecular formula is C13H16N2O4S2. The van der Waals surface area contributed by atoms with E-state index in [0.29, 0.717) is 0 Å². The van der Waals surface area contributed by atoms with Gasteiger partial charge in [-0.1, -0.05) is 6.08 Å². The van der Waals surface area contributed by atoms with Crippen LogP contribution in [0.4, 0.5) is 5.69 Å². The second-order valence-electron chi connectivity index (χ2n) is 5.24. The number of nitrogens with one attached hydrogen (secondary N) is 2. The van der Waals surface area contributed by atoms with Crippen LogP contribution in [0.25, 0.3) is 0 Å². The number of hydrogen-bond donors (Lipinski definition) is 2. The van der Waals surface area contributed by atoms with Crippen molar-refractivity contribution in [2.75, 3.05) is 17.6 Å². The first-order valence-corrected chi connectivity index (χ1v) is 9.86. The van der Waals surface area contributed by atoms with Crippen LogP contribution in [-0.4, -0.2) is 35.2 Å². The number of sulfonamides is 1. The van der Waals surface area contributed by atoms with Crippen molar-refractivity contribution in [3.63, 3.8) is 0 Å². The fourth-order valence-corrected chi connectivity index (χ4v) is 5.12. The third-order valence-electron chi connectivity index (χ3n) is 3.56. The van der Waals surface area contributed by atoms with Gasteiger partial charge in [0.25, 0.3) is 0 Å². The van der Waals surface area contributed by atoms with Crippen molar-refractivity contribution < 1.29 is 16.8 Å². The van der Waals surface area contributed by atoms with Crippen LogP contribution in [0.15, 0.2) is 34.6 Å². The number of rotatable bonds is 3. The van der Waals surface area contributed by atoms with E-state index < -0.39 is 25.9 Å². The van der Waals surface area contributed by atoms with E-state index in [2.05, 4.69) is 10.0 Å². The lowest BCUT2D eigenvalue weighted by Gasteiger charge is -2.19. The maximum Gasteiger partial charge on any atom is 0.241 e. The molecule has 2 N–H and O–H groups in total. The summed E-state index contributed by atoms with van der Waals surface area (Å²) < 4.78 is 49.7. The molecule has 1 atom stereocenters. The van der Waals surface area contributed by atoms with Gasteiger partial charge in [0.2, 0.25) is 10.0 Å². The lowest BCUT2D eigenvalue weighted by molar-refractivity contribution is 0.574. The van der Waals surface area contributed by atoms with Crippen LogP contribution in [0.1, 0.15) is 12.0 Å². The van der Waals surface area contributed by atoms with Crippen LogP contribution in [0.5, 0.6) is 0 Å². The average molecular weight is 328 g/mol. The minimum atomic E-state index is -3.72. The van der Waals surface area contributed by atoms with Crippen molar-refractivity contribution in [1.29, 1.82) is 0 Å². The third kappa shape index (κ3) is 3.12. The highest BCUT2D eigenvalue weighted by Crippen LogP contribution is 2.25. The molecule has 0 fully saturated rings. The lowest BCUT2D eigenvalue weighted by Crippen LogP contribution is -2.35. The van der Waals surface area contributed by atoms with Crippen LogP contribution in [0, 0.1) is 0 Å². The summed E-state index contributed by atoms with van der Waals surface area (Å²) in [4.78, 5) is 0.169. The van der Waals surface area contributed by atoms with Gasteiger partial charge in [0.1, 0.15) is 0 Å². The molecule has 3 rings (SSSR count). The van der Waals surface area contributed by atoms with Crippen molar-refractivity contribution in [3.05, 3.63) is 35.2 Å². The van der Waals surface area contributed by atoms with Crippen molar-refractivity contribution in [2.24, 2.45) is 0 Å². The summed E-state index contributed by atoms with van der Waals surface area (Å²) in [6.07, 6.45) is 3.17. The molecule has 0 aromatic heterocycles. The molecule has 1 unspecified atom stereocenters. The van der Waals surface area contributed by atoms with Gasteiger partial charge in [-0.3, -0.25) is 0 Å². The number of aryl methyl sites for hydroxylation is 1. The van der Waals surface area contributed by atoms with E-state index in [-0.39, 0.29) is 10.6 Å². The highest BCUT2D eigenvalue weighted by Gasteiger charge is 2.27. The summed E-state index contributed by atoms with van der Waals surface area (Å²) in [5, 5.41) is 4.27. The Kier molecular flexibility index (Phi) is 3.54. The largest absolute Gasteiger partial charge is 0.385 e. The number of sulfone groups is 1. The molecule has 0 aliphatic carbocycles. The van der Waals surface area contributed by atoms with Gasteiger partial charge >= 0.3 is 0 Å². The summed E-state index contributed by atoms with van der Waals surface area (Å²) in [5.74, 6) is -0.223. The van der Waals surface area contributed by atoms with Gasteiger partial charge < -0.3 is 5.32 Å². The Balaban J connectivity index is 1.84. The van der Waals surface area contributed by atoms with Gasteiger partial charge in [0, 0.05) is 17.6 Å². The molecule has 114 valence electrons. The van der Waals surface area contributed by atoms with Gasteiger partial charge in [-0.15, -0.1) is 0 Å². The molecule has 2 aliphatic rings. The predicted octanol–water partition coefficient (Wildman–Crippen LogP) is 0.634. The minimum Gasteiger partial charge on any atom is -0.385 e. The van der Waals surface area contributed by atoms with Crippen molar-refractivity contribution >= 4 is 25.5 Å². The number of fused-ring (bicyclic) bond motifs is 1.